The summed E-state index contributed by atoms with van der Waals surface area (Å²) in [5.41, 5.74) is 8.36. The average molecular weight is 1010 g/mol. The van der Waals surface area contributed by atoms with Gasteiger partial charge in [0.25, 0.3) is 11.8 Å². The summed E-state index contributed by atoms with van der Waals surface area (Å²) in [5, 5.41) is 6.46. The lowest BCUT2D eigenvalue weighted by Crippen LogP contribution is -2.39. The monoisotopic (exact) mass is 1010 g/mol. The highest BCUT2D eigenvalue weighted by atomic mass is 16.6. The van der Waals surface area contributed by atoms with Gasteiger partial charge in [0, 0.05) is 75.4 Å². The molecule has 392 valence electrons. The molecule has 0 radical (unpaired) electrons. The number of aliphatic imine (C=N–C) groups is 1. The lowest BCUT2D eigenvalue weighted by Gasteiger charge is -2.26. The number of rotatable bonds is 28. The highest BCUT2D eigenvalue weighted by Gasteiger charge is 2.38. The number of carbonyl (C=O) groups is 3. The van der Waals surface area contributed by atoms with Crippen LogP contribution in [0, 0.1) is 0 Å². The number of methoxy groups -OCH3 is 3. The third kappa shape index (κ3) is 12.9. The minimum atomic E-state index is -0.208. The van der Waals surface area contributed by atoms with Crippen LogP contribution in [0.25, 0.3) is 0 Å². The lowest BCUT2D eigenvalue weighted by molar-refractivity contribution is -0.121. The fraction of sp³-hybridized carbons (Fsp3) is 0.393. The second-order valence-corrected chi connectivity index (χ2v) is 18.1. The first-order valence-electron chi connectivity index (χ1n) is 25.1. The van der Waals surface area contributed by atoms with Gasteiger partial charge in [-0.15, -0.1) is 0 Å². The van der Waals surface area contributed by atoms with Crippen molar-refractivity contribution >= 4 is 52.9 Å². The number of amides is 3. The molecule has 3 amide bonds. The van der Waals surface area contributed by atoms with E-state index in [-0.39, 0.29) is 37.0 Å². The number of benzene rings is 5. The second kappa shape index (κ2) is 26.1. The predicted molar refractivity (Wildman–Crippen MR) is 284 cm³/mol. The Labute approximate surface area is 432 Å². The maximum absolute atomic E-state index is 14.2. The van der Waals surface area contributed by atoms with Gasteiger partial charge >= 0.3 is 0 Å². The van der Waals surface area contributed by atoms with Gasteiger partial charge in [0.1, 0.15) is 13.2 Å². The van der Waals surface area contributed by atoms with Crippen molar-refractivity contribution in [1.82, 2.24) is 5.32 Å². The standard InChI is InChI=1S/C56H67N7O11/c1-58-46-33-52(50(68-3)31-44(46)55(65)62-19-16-40-11-5-7-13-48(40)62)72-36-38-27-39(29-42(28-38)61(20-22-70-25-26-71-24-23-67-2)18-9-15-54(64)59-17-10-21-74-57)37-73-53-34-47-45(32-51(53)69-4)56(66)63-43(35-60-47)30-41-12-6-8-14-49(41)63/h5-8,11-14,27-29,31-34,43,60H,1,9-10,15-26,30,35-37,57H2,2-4H3,(H,59,64). The molecule has 8 rings (SSSR count). The molecule has 5 aromatic carbocycles. The highest BCUT2D eigenvalue weighted by molar-refractivity contribution is 6.12. The molecule has 0 saturated heterocycles. The number of hydrogen-bond donors (Lipinski definition) is 3. The Morgan fingerprint density at radius 2 is 1.47 bits per heavy atom. The lowest BCUT2D eigenvalue weighted by atomic mass is 10.1. The zero-order chi connectivity index (χ0) is 51.8. The van der Waals surface area contributed by atoms with Crippen molar-refractivity contribution in [2.24, 2.45) is 10.9 Å². The Hall–Kier alpha value is -7.22. The summed E-state index contributed by atoms with van der Waals surface area (Å²) < 4.78 is 41.6. The van der Waals surface area contributed by atoms with Gasteiger partial charge < -0.3 is 63.3 Å². The largest absolute Gasteiger partial charge is 0.493 e. The van der Waals surface area contributed by atoms with Gasteiger partial charge in [0.15, 0.2) is 23.0 Å². The van der Waals surface area contributed by atoms with E-state index >= 15 is 0 Å². The van der Waals surface area contributed by atoms with Crippen LogP contribution in [0.2, 0.25) is 0 Å². The van der Waals surface area contributed by atoms with E-state index in [0.29, 0.717) is 137 Å². The molecule has 0 spiro atoms. The summed E-state index contributed by atoms with van der Waals surface area (Å²) in [5.74, 6) is 6.39. The maximum Gasteiger partial charge on any atom is 0.260 e. The van der Waals surface area contributed by atoms with Gasteiger partial charge in [-0.05, 0) is 97.1 Å². The number of para-hydroxylation sites is 2. The first kappa shape index (κ1) is 53.1. The Morgan fingerprint density at radius 3 is 2.20 bits per heavy atom. The fourth-order valence-electron chi connectivity index (χ4n) is 9.56. The average Bonchev–Trinajstić information content (AvgIpc) is 4.01. The molecule has 3 aliphatic rings. The minimum absolute atomic E-state index is 0.0347. The van der Waals surface area contributed by atoms with Crippen LogP contribution in [0.4, 0.5) is 28.4 Å². The molecule has 18 heteroatoms. The summed E-state index contributed by atoms with van der Waals surface area (Å²) >= 11 is 0. The number of anilines is 4. The molecular weight excluding hydrogens is 947 g/mol. The first-order chi connectivity index (χ1) is 36.2. The maximum atomic E-state index is 14.2. The summed E-state index contributed by atoms with van der Waals surface area (Å²) in [4.78, 5) is 55.9. The van der Waals surface area contributed by atoms with Crippen LogP contribution < -0.4 is 50.2 Å². The van der Waals surface area contributed by atoms with Crippen LogP contribution in [0.1, 0.15) is 62.2 Å². The van der Waals surface area contributed by atoms with E-state index in [2.05, 4.69) is 38.1 Å². The smallest absolute Gasteiger partial charge is 0.260 e. The molecular formula is C56H67N7O11. The number of nitrogens with one attached hydrogen (secondary N) is 2. The normalized spacial score (nSPS) is 14.3. The Balaban J connectivity index is 1.06. The van der Waals surface area contributed by atoms with Crippen molar-refractivity contribution in [1.29, 1.82) is 0 Å². The number of ether oxygens (including phenoxy) is 7. The third-order valence-electron chi connectivity index (χ3n) is 13.3. The van der Waals surface area contributed by atoms with E-state index in [1.807, 2.05) is 71.6 Å². The van der Waals surface area contributed by atoms with Crippen molar-refractivity contribution in [2.45, 2.75) is 51.4 Å². The predicted octanol–water partition coefficient (Wildman–Crippen LogP) is 7.06. The number of carbonyl (C=O) groups excluding carboxylic acids is 3. The molecule has 0 bridgehead atoms. The van der Waals surface area contributed by atoms with E-state index in [1.54, 1.807) is 37.3 Å². The van der Waals surface area contributed by atoms with Gasteiger partial charge in [0.2, 0.25) is 5.91 Å². The Bertz CT molecular complexity index is 2760. The number of nitrogens with two attached hydrogens (primary N) is 1. The molecule has 3 aliphatic heterocycles. The van der Waals surface area contributed by atoms with E-state index in [1.165, 1.54) is 7.11 Å². The van der Waals surface area contributed by atoms with Crippen molar-refractivity contribution in [3.63, 3.8) is 0 Å². The molecule has 1 unspecified atom stereocenters. The topological polar surface area (TPSA) is 197 Å². The molecule has 0 aliphatic carbocycles. The van der Waals surface area contributed by atoms with Crippen LogP contribution in [0.3, 0.4) is 0 Å². The molecule has 3 heterocycles. The van der Waals surface area contributed by atoms with Crippen molar-refractivity contribution < 1.29 is 52.4 Å². The van der Waals surface area contributed by atoms with Crippen LogP contribution in [-0.2, 0) is 49.9 Å². The molecule has 4 N–H and O–H groups in total. The van der Waals surface area contributed by atoms with Crippen molar-refractivity contribution in [3.8, 4) is 23.0 Å². The van der Waals surface area contributed by atoms with Gasteiger partial charge in [-0.3, -0.25) is 19.4 Å². The van der Waals surface area contributed by atoms with Crippen molar-refractivity contribution in [3.05, 3.63) is 124 Å². The Kier molecular flexibility index (Phi) is 18.7. The number of nitrogens with zero attached hydrogens (tertiary/aromatic N) is 4. The Morgan fingerprint density at radius 1 is 0.784 bits per heavy atom. The quantitative estimate of drug-likeness (QED) is 0.0262. The third-order valence-corrected chi connectivity index (χ3v) is 13.3. The highest BCUT2D eigenvalue weighted by Crippen LogP contribution is 2.42. The number of hydrogen-bond acceptors (Lipinski definition) is 15. The van der Waals surface area contributed by atoms with Gasteiger partial charge in [0.05, 0.1) is 82.4 Å². The molecule has 0 saturated carbocycles. The summed E-state index contributed by atoms with van der Waals surface area (Å²) in [6.45, 7) is 9.13. The van der Waals surface area contributed by atoms with Crippen molar-refractivity contribution in [2.75, 3.05) is 114 Å². The van der Waals surface area contributed by atoms with Crippen LogP contribution in [0.5, 0.6) is 23.0 Å². The van der Waals surface area contributed by atoms with E-state index in [4.69, 9.17) is 39.1 Å². The van der Waals surface area contributed by atoms with E-state index < -0.39 is 0 Å². The van der Waals surface area contributed by atoms with E-state index in [0.717, 1.165) is 52.2 Å². The number of fused-ring (bicyclic) bond motifs is 5. The zero-order valence-electron chi connectivity index (χ0n) is 42.5. The van der Waals surface area contributed by atoms with Crippen LogP contribution in [-0.4, -0.2) is 124 Å². The fourth-order valence-corrected chi connectivity index (χ4v) is 9.56. The molecule has 18 nitrogen and oxygen atoms in total. The SMILES string of the molecule is C=Nc1cc(OCc2cc(COc3cc4c(cc3OC)C(=O)N3c5ccccc5CC3CN4)cc(N(CCCC(=O)NCCCON)CCOCCOCCOC)c2)c(OC)cc1C(=O)N1CCc2ccccc21. The molecule has 74 heavy (non-hydrogen) atoms. The molecule has 1 atom stereocenters. The van der Waals surface area contributed by atoms with Gasteiger partial charge in [-0.1, -0.05) is 36.4 Å². The summed E-state index contributed by atoms with van der Waals surface area (Å²) in [7, 11) is 4.72. The summed E-state index contributed by atoms with van der Waals surface area (Å²) in [6.07, 6.45) is 2.97. The van der Waals surface area contributed by atoms with Gasteiger partial charge in [-0.25, -0.2) is 5.90 Å². The van der Waals surface area contributed by atoms with E-state index in [9.17, 15) is 14.4 Å². The summed E-state index contributed by atoms with van der Waals surface area (Å²) in [6, 6.07) is 28.9. The molecule has 5 aromatic rings. The molecule has 0 aromatic heterocycles. The minimum Gasteiger partial charge on any atom is -0.493 e. The zero-order valence-corrected chi connectivity index (χ0v) is 42.5. The van der Waals surface area contributed by atoms with Crippen LogP contribution >= 0.6 is 0 Å². The second-order valence-electron chi connectivity index (χ2n) is 18.1. The van der Waals surface area contributed by atoms with Gasteiger partial charge in [-0.2, -0.15) is 0 Å². The molecule has 0 fully saturated rings. The van der Waals surface area contributed by atoms with Crippen LogP contribution in [0.15, 0.2) is 96.0 Å². The first-order valence-corrected chi connectivity index (χ1v) is 25.1.